The summed E-state index contributed by atoms with van der Waals surface area (Å²) in [6, 6.07) is 6.36. The molecule has 1 aromatic heterocycles. The van der Waals surface area contributed by atoms with Crippen molar-refractivity contribution >= 4 is 27.8 Å². The summed E-state index contributed by atoms with van der Waals surface area (Å²) in [6.45, 7) is 3.52. The van der Waals surface area contributed by atoms with E-state index in [1.54, 1.807) is 24.5 Å². The van der Waals surface area contributed by atoms with E-state index in [2.05, 4.69) is 35.8 Å². The summed E-state index contributed by atoms with van der Waals surface area (Å²) < 4.78 is 13.8. The predicted octanol–water partition coefficient (Wildman–Crippen LogP) is 2.02. The third kappa shape index (κ3) is 4.00. The van der Waals surface area contributed by atoms with Crippen LogP contribution < -0.4 is 10.6 Å². The van der Waals surface area contributed by atoms with E-state index in [-0.39, 0.29) is 5.82 Å². The van der Waals surface area contributed by atoms with Crippen LogP contribution in [0.3, 0.4) is 0 Å². The van der Waals surface area contributed by atoms with E-state index in [4.69, 9.17) is 5.73 Å². The Labute approximate surface area is 148 Å². The molecule has 2 heterocycles. The number of guanidine groups is 1. The fourth-order valence-corrected chi connectivity index (χ4v) is 2.98. The second-order valence-corrected chi connectivity index (χ2v) is 6.29. The molecular weight excluding hydrogens is 375 g/mol. The summed E-state index contributed by atoms with van der Waals surface area (Å²) in [4.78, 5) is 17.1. The molecule has 8 heteroatoms. The first kappa shape index (κ1) is 16.6. The van der Waals surface area contributed by atoms with Gasteiger partial charge >= 0.3 is 0 Å². The van der Waals surface area contributed by atoms with Crippen LogP contribution in [0.25, 0.3) is 0 Å². The van der Waals surface area contributed by atoms with Crippen LogP contribution in [-0.4, -0.2) is 47.0 Å². The Bertz CT molecular complexity index is 716. The second-order valence-electron chi connectivity index (χ2n) is 5.43. The summed E-state index contributed by atoms with van der Waals surface area (Å²) in [5.74, 6) is 0.963. The molecular formula is C16H18BrFN6. The lowest BCUT2D eigenvalue weighted by atomic mass is 10.2. The number of anilines is 1. The number of nitrogens with two attached hydrogens (primary N) is 1. The molecule has 126 valence electrons. The number of hydrogen-bond acceptors (Lipinski definition) is 4. The summed E-state index contributed by atoms with van der Waals surface area (Å²) in [5.41, 5.74) is 7.00. The lowest BCUT2D eigenvalue weighted by molar-refractivity contribution is 0.378. The van der Waals surface area contributed by atoms with Gasteiger partial charge in [0, 0.05) is 43.0 Å². The van der Waals surface area contributed by atoms with E-state index < -0.39 is 0 Å². The number of nitrogens with zero attached hydrogens (tertiary/aromatic N) is 5. The van der Waals surface area contributed by atoms with Gasteiger partial charge in [-0.25, -0.2) is 19.4 Å². The van der Waals surface area contributed by atoms with Crippen molar-refractivity contribution in [2.24, 2.45) is 10.7 Å². The Kier molecular flexibility index (Phi) is 5.24. The normalized spacial score (nSPS) is 15.7. The minimum absolute atomic E-state index is 0.276. The van der Waals surface area contributed by atoms with Gasteiger partial charge in [0.1, 0.15) is 5.82 Å². The number of piperazine rings is 1. The van der Waals surface area contributed by atoms with Gasteiger partial charge in [-0.2, -0.15) is 0 Å². The highest BCUT2D eigenvalue weighted by atomic mass is 79.9. The average molecular weight is 393 g/mol. The van der Waals surface area contributed by atoms with Crippen LogP contribution >= 0.6 is 15.9 Å². The Morgan fingerprint density at radius 3 is 2.58 bits per heavy atom. The highest BCUT2D eigenvalue weighted by Crippen LogP contribution is 2.19. The molecule has 3 rings (SSSR count). The maximum absolute atomic E-state index is 13.1. The zero-order chi connectivity index (χ0) is 16.9. The molecule has 0 amide bonds. The smallest absolute Gasteiger partial charge is 0.225 e. The standard InChI is InChI=1S/C16H18BrFN6/c17-14-10-13(18)3-2-12(14)11-22-15(19)23-6-8-24(9-7-23)16-20-4-1-5-21-16/h1-5,10H,6-9,11H2,(H2,19,22). The van der Waals surface area contributed by atoms with Crippen molar-refractivity contribution in [3.63, 3.8) is 0 Å². The van der Waals surface area contributed by atoms with Gasteiger partial charge in [-0.15, -0.1) is 0 Å². The van der Waals surface area contributed by atoms with Crippen molar-refractivity contribution in [1.82, 2.24) is 14.9 Å². The van der Waals surface area contributed by atoms with E-state index in [0.29, 0.717) is 17.0 Å². The molecule has 1 aliphatic heterocycles. The van der Waals surface area contributed by atoms with Crippen molar-refractivity contribution < 1.29 is 4.39 Å². The second kappa shape index (κ2) is 7.57. The molecule has 2 aromatic rings. The van der Waals surface area contributed by atoms with Gasteiger partial charge < -0.3 is 15.5 Å². The monoisotopic (exact) mass is 392 g/mol. The number of rotatable bonds is 3. The van der Waals surface area contributed by atoms with Gasteiger partial charge in [-0.1, -0.05) is 22.0 Å². The van der Waals surface area contributed by atoms with Gasteiger partial charge in [0.05, 0.1) is 6.54 Å². The highest BCUT2D eigenvalue weighted by Gasteiger charge is 2.19. The molecule has 1 fully saturated rings. The summed E-state index contributed by atoms with van der Waals surface area (Å²) >= 11 is 3.34. The van der Waals surface area contributed by atoms with E-state index in [1.807, 2.05) is 4.90 Å². The van der Waals surface area contributed by atoms with Crippen LogP contribution in [0.2, 0.25) is 0 Å². The summed E-state index contributed by atoms with van der Waals surface area (Å²) in [5, 5.41) is 0. The Hall–Kier alpha value is -2.22. The van der Waals surface area contributed by atoms with Crippen molar-refractivity contribution in [3.8, 4) is 0 Å². The lowest BCUT2D eigenvalue weighted by Gasteiger charge is -2.35. The molecule has 2 N–H and O–H groups in total. The highest BCUT2D eigenvalue weighted by molar-refractivity contribution is 9.10. The predicted molar refractivity (Wildman–Crippen MR) is 95.2 cm³/mol. The van der Waals surface area contributed by atoms with Crippen molar-refractivity contribution in [2.75, 3.05) is 31.1 Å². The Balaban J connectivity index is 1.57. The van der Waals surface area contributed by atoms with E-state index in [1.165, 1.54) is 12.1 Å². The number of benzene rings is 1. The Morgan fingerprint density at radius 2 is 1.92 bits per heavy atom. The van der Waals surface area contributed by atoms with Crippen LogP contribution in [-0.2, 0) is 6.54 Å². The van der Waals surface area contributed by atoms with Crippen LogP contribution in [0.15, 0.2) is 46.1 Å². The summed E-state index contributed by atoms with van der Waals surface area (Å²) in [6.07, 6.45) is 3.48. The van der Waals surface area contributed by atoms with Gasteiger partial charge in [-0.3, -0.25) is 0 Å². The van der Waals surface area contributed by atoms with Crippen molar-refractivity contribution in [2.45, 2.75) is 6.54 Å². The first-order chi connectivity index (χ1) is 11.6. The van der Waals surface area contributed by atoms with Gasteiger partial charge in [0.25, 0.3) is 0 Å². The molecule has 1 aliphatic rings. The molecule has 1 aromatic carbocycles. The molecule has 24 heavy (non-hydrogen) atoms. The quantitative estimate of drug-likeness (QED) is 0.638. The number of hydrogen-bond donors (Lipinski definition) is 1. The average Bonchev–Trinajstić information content (AvgIpc) is 2.62. The largest absolute Gasteiger partial charge is 0.370 e. The molecule has 0 aliphatic carbocycles. The topological polar surface area (TPSA) is 70.6 Å². The number of halogens is 2. The van der Waals surface area contributed by atoms with E-state index >= 15 is 0 Å². The van der Waals surface area contributed by atoms with E-state index in [9.17, 15) is 4.39 Å². The third-order valence-electron chi connectivity index (χ3n) is 3.87. The third-order valence-corrected chi connectivity index (χ3v) is 4.60. The molecule has 0 atom stereocenters. The lowest BCUT2D eigenvalue weighted by Crippen LogP contribution is -2.51. The molecule has 0 unspecified atom stereocenters. The first-order valence-corrected chi connectivity index (χ1v) is 8.43. The first-order valence-electron chi connectivity index (χ1n) is 7.64. The zero-order valence-electron chi connectivity index (χ0n) is 13.1. The number of aliphatic imine (C=N–C) groups is 1. The van der Waals surface area contributed by atoms with Gasteiger partial charge in [-0.05, 0) is 23.8 Å². The molecule has 6 nitrogen and oxygen atoms in total. The van der Waals surface area contributed by atoms with Crippen molar-refractivity contribution in [1.29, 1.82) is 0 Å². The van der Waals surface area contributed by atoms with Crippen LogP contribution in [0.4, 0.5) is 10.3 Å². The molecule has 0 bridgehead atoms. The fraction of sp³-hybridized carbons (Fsp3) is 0.312. The van der Waals surface area contributed by atoms with E-state index in [0.717, 1.165) is 37.7 Å². The molecule has 0 radical (unpaired) electrons. The van der Waals surface area contributed by atoms with Crippen LogP contribution in [0, 0.1) is 5.82 Å². The summed E-state index contributed by atoms with van der Waals surface area (Å²) in [7, 11) is 0. The molecule has 0 saturated carbocycles. The Morgan fingerprint density at radius 1 is 1.21 bits per heavy atom. The zero-order valence-corrected chi connectivity index (χ0v) is 14.7. The van der Waals surface area contributed by atoms with Gasteiger partial charge in [0.15, 0.2) is 5.96 Å². The molecule has 1 saturated heterocycles. The van der Waals surface area contributed by atoms with Gasteiger partial charge in [0.2, 0.25) is 5.95 Å². The molecule has 0 spiro atoms. The van der Waals surface area contributed by atoms with Crippen molar-refractivity contribution in [3.05, 3.63) is 52.5 Å². The van der Waals surface area contributed by atoms with Crippen LogP contribution in [0.1, 0.15) is 5.56 Å². The SMILES string of the molecule is NC(=NCc1ccc(F)cc1Br)N1CCN(c2ncccn2)CC1. The maximum atomic E-state index is 13.1. The minimum Gasteiger partial charge on any atom is -0.370 e. The van der Waals surface area contributed by atoms with Crippen LogP contribution in [0.5, 0.6) is 0 Å². The maximum Gasteiger partial charge on any atom is 0.225 e. The fourth-order valence-electron chi connectivity index (χ4n) is 2.51. The number of aromatic nitrogens is 2. The minimum atomic E-state index is -0.276.